The van der Waals surface area contributed by atoms with Gasteiger partial charge >= 0.3 is 5.97 Å². The number of hydrogen-bond acceptors (Lipinski definition) is 4. The van der Waals surface area contributed by atoms with Gasteiger partial charge in [-0.1, -0.05) is 6.92 Å². The molecular weight excluding hydrogens is 268 g/mol. The van der Waals surface area contributed by atoms with Crippen LogP contribution in [-0.4, -0.2) is 59.4 Å². The van der Waals surface area contributed by atoms with Gasteiger partial charge in [-0.3, -0.25) is 9.69 Å². The molecule has 0 bridgehead atoms. The van der Waals surface area contributed by atoms with Gasteiger partial charge in [-0.05, 0) is 52.5 Å². The van der Waals surface area contributed by atoms with E-state index in [-0.39, 0.29) is 12.2 Å². The monoisotopic (exact) mass is 298 g/mol. The molecule has 1 saturated carbocycles. The van der Waals surface area contributed by atoms with Crippen LogP contribution >= 0.6 is 0 Å². The lowest BCUT2D eigenvalue weighted by molar-refractivity contribution is -0.148. The summed E-state index contributed by atoms with van der Waals surface area (Å²) >= 11 is 0. The number of carboxylic acid groups (broad SMARTS) is 1. The summed E-state index contributed by atoms with van der Waals surface area (Å²) in [5.41, 5.74) is -0.732. The van der Waals surface area contributed by atoms with Crippen molar-refractivity contribution in [3.63, 3.8) is 0 Å². The second-order valence-corrected chi connectivity index (χ2v) is 6.78. The van der Waals surface area contributed by atoms with Crippen LogP contribution in [0.1, 0.15) is 52.9 Å². The molecule has 5 heteroatoms. The SMILES string of the molecule is CCCNC1(C(=O)O)CCCC(N2C[C@@H](C)O[C@@H](C)C2)C1. The number of morpholine rings is 1. The molecule has 2 fully saturated rings. The number of aliphatic carboxylic acids is 1. The largest absolute Gasteiger partial charge is 0.480 e. The fraction of sp³-hybridized carbons (Fsp3) is 0.938. The number of nitrogens with one attached hydrogen (secondary N) is 1. The minimum absolute atomic E-state index is 0.235. The Kier molecular flexibility index (Phi) is 5.63. The third kappa shape index (κ3) is 3.96. The molecular formula is C16H30N2O3. The van der Waals surface area contributed by atoms with E-state index >= 15 is 0 Å². The maximum absolute atomic E-state index is 11.8. The summed E-state index contributed by atoms with van der Waals surface area (Å²) < 4.78 is 5.80. The van der Waals surface area contributed by atoms with Gasteiger partial charge in [0.2, 0.25) is 0 Å². The number of carboxylic acids is 1. The molecule has 0 aromatic carbocycles. The van der Waals surface area contributed by atoms with Crippen molar-refractivity contribution in [2.75, 3.05) is 19.6 Å². The van der Waals surface area contributed by atoms with Crippen LogP contribution in [0.2, 0.25) is 0 Å². The molecule has 1 aliphatic carbocycles. The van der Waals surface area contributed by atoms with Crippen molar-refractivity contribution in [1.82, 2.24) is 10.2 Å². The molecule has 0 spiro atoms. The number of rotatable bonds is 5. The predicted octanol–water partition coefficient (Wildman–Crippen LogP) is 1.86. The van der Waals surface area contributed by atoms with E-state index in [0.29, 0.717) is 12.5 Å². The van der Waals surface area contributed by atoms with Crippen LogP contribution in [0.5, 0.6) is 0 Å². The zero-order chi connectivity index (χ0) is 15.5. The first-order chi connectivity index (χ1) is 9.97. The Labute approximate surface area is 128 Å². The summed E-state index contributed by atoms with van der Waals surface area (Å²) in [7, 11) is 0. The third-order valence-corrected chi connectivity index (χ3v) is 4.81. The Morgan fingerprint density at radius 3 is 2.62 bits per heavy atom. The van der Waals surface area contributed by atoms with Crippen LogP contribution in [0, 0.1) is 0 Å². The molecule has 1 heterocycles. The van der Waals surface area contributed by atoms with E-state index in [2.05, 4.69) is 31.0 Å². The van der Waals surface area contributed by atoms with Crippen LogP contribution in [0.3, 0.4) is 0 Å². The molecule has 2 aliphatic rings. The number of nitrogens with zero attached hydrogens (tertiary/aromatic N) is 1. The fourth-order valence-electron chi connectivity index (χ4n) is 3.87. The van der Waals surface area contributed by atoms with Crippen LogP contribution in [-0.2, 0) is 9.53 Å². The highest BCUT2D eigenvalue weighted by molar-refractivity contribution is 5.79. The van der Waals surface area contributed by atoms with Gasteiger partial charge in [0.15, 0.2) is 0 Å². The van der Waals surface area contributed by atoms with Gasteiger partial charge in [-0.25, -0.2) is 0 Å². The summed E-state index contributed by atoms with van der Waals surface area (Å²) in [4.78, 5) is 14.3. The Bertz CT molecular complexity index is 353. The lowest BCUT2D eigenvalue weighted by Crippen LogP contribution is -2.60. The Balaban J connectivity index is 2.05. The quantitative estimate of drug-likeness (QED) is 0.811. The van der Waals surface area contributed by atoms with Gasteiger partial charge in [-0.2, -0.15) is 0 Å². The fourth-order valence-corrected chi connectivity index (χ4v) is 3.87. The molecule has 0 radical (unpaired) electrons. The number of ether oxygens (including phenoxy) is 1. The van der Waals surface area contributed by atoms with Crippen molar-refractivity contribution < 1.29 is 14.6 Å². The van der Waals surface area contributed by atoms with Crippen LogP contribution < -0.4 is 5.32 Å². The van der Waals surface area contributed by atoms with Gasteiger partial charge < -0.3 is 15.2 Å². The minimum atomic E-state index is -0.732. The highest BCUT2D eigenvalue weighted by atomic mass is 16.5. The molecule has 2 rings (SSSR count). The van der Waals surface area contributed by atoms with Gasteiger partial charge in [-0.15, -0.1) is 0 Å². The van der Waals surface area contributed by atoms with Gasteiger partial charge in [0.05, 0.1) is 12.2 Å². The zero-order valence-electron chi connectivity index (χ0n) is 13.6. The van der Waals surface area contributed by atoms with Crippen molar-refractivity contribution in [3.05, 3.63) is 0 Å². The van der Waals surface area contributed by atoms with Gasteiger partial charge in [0, 0.05) is 19.1 Å². The molecule has 0 amide bonds. The smallest absolute Gasteiger partial charge is 0.323 e. The van der Waals surface area contributed by atoms with Crippen LogP contribution in [0.25, 0.3) is 0 Å². The van der Waals surface area contributed by atoms with Crippen molar-refractivity contribution in [2.24, 2.45) is 0 Å². The van der Waals surface area contributed by atoms with E-state index < -0.39 is 11.5 Å². The van der Waals surface area contributed by atoms with Gasteiger partial charge in [0.25, 0.3) is 0 Å². The van der Waals surface area contributed by atoms with E-state index in [1.807, 2.05) is 0 Å². The average molecular weight is 298 g/mol. The van der Waals surface area contributed by atoms with Crippen molar-refractivity contribution >= 4 is 5.97 Å². The minimum Gasteiger partial charge on any atom is -0.480 e. The lowest BCUT2D eigenvalue weighted by atomic mass is 9.78. The summed E-state index contributed by atoms with van der Waals surface area (Å²) in [6.07, 6.45) is 4.97. The summed E-state index contributed by atoms with van der Waals surface area (Å²) in [5, 5.41) is 13.0. The molecule has 2 N–H and O–H groups in total. The zero-order valence-corrected chi connectivity index (χ0v) is 13.6. The first kappa shape index (κ1) is 16.7. The van der Waals surface area contributed by atoms with E-state index in [1.165, 1.54) is 0 Å². The van der Waals surface area contributed by atoms with E-state index in [4.69, 9.17) is 4.74 Å². The van der Waals surface area contributed by atoms with E-state index in [0.717, 1.165) is 45.3 Å². The van der Waals surface area contributed by atoms with E-state index in [9.17, 15) is 9.90 Å². The Morgan fingerprint density at radius 2 is 2.05 bits per heavy atom. The topological polar surface area (TPSA) is 61.8 Å². The second kappa shape index (κ2) is 7.07. The Hall–Kier alpha value is -0.650. The normalized spacial score (nSPS) is 38.3. The number of hydrogen-bond donors (Lipinski definition) is 2. The molecule has 1 aliphatic heterocycles. The van der Waals surface area contributed by atoms with E-state index in [1.54, 1.807) is 0 Å². The highest BCUT2D eigenvalue weighted by Gasteiger charge is 2.44. The third-order valence-electron chi connectivity index (χ3n) is 4.81. The molecule has 0 aromatic rings. The average Bonchev–Trinajstić information content (AvgIpc) is 2.44. The van der Waals surface area contributed by atoms with Crippen LogP contribution in [0.15, 0.2) is 0 Å². The molecule has 0 aromatic heterocycles. The van der Waals surface area contributed by atoms with Crippen molar-refractivity contribution in [2.45, 2.75) is 76.7 Å². The summed E-state index contributed by atoms with van der Waals surface area (Å²) in [6.45, 7) is 8.89. The maximum Gasteiger partial charge on any atom is 0.323 e. The summed E-state index contributed by atoms with van der Waals surface area (Å²) in [6, 6.07) is 0.355. The molecule has 1 saturated heterocycles. The van der Waals surface area contributed by atoms with Crippen LogP contribution in [0.4, 0.5) is 0 Å². The molecule has 122 valence electrons. The van der Waals surface area contributed by atoms with Crippen molar-refractivity contribution in [1.29, 1.82) is 0 Å². The van der Waals surface area contributed by atoms with Crippen molar-refractivity contribution in [3.8, 4) is 0 Å². The molecule has 2 unspecified atom stereocenters. The summed E-state index contributed by atoms with van der Waals surface area (Å²) in [5.74, 6) is -0.685. The lowest BCUT2D eigenvalue weighted by Gasteiger charge is -2.46. The maximum atomic E-state index is 11.8. The standard InChI is InChI=1S/C16H30N2O3/c1-4-8-17-16(15(19)20)7-5-6-14(9-16)18-10-12(2)21-13(3)11-18/h12-14,17H,4-11H2,1-3H3,(H,19,20)/t12-,13+,14?,16?. The first-order valence-electron chi connectivity index (χ1n) is 8.35. The molecule has 5 nitrogen and oxygen atoms in total. The molecule has 21 heavy (non-hydrogen) atoms. The highest BCUT2D eigenvalue weighted by Crippen LogP contribution is 2.33. The van der Waals surface area contributed by atoms with Gasteiger partial charge in [0.1, 0.15) is 5.54 Å². The first-order valence-corrected chi connectivity index (χ1v) is 8.35. The molecule has 4 atom stereocenters. The second-order valence-electron chi connectivity index (χ2n) is 6.78. The Morgan fingerprint density at radius 1 is 1.38 bits per heavy atom. The predicted molar refractivity (Wildman–Crippen MR) is 82.5 cm³/mol. The number of carbonyl (C=O) groups is 1.